The van der Waals surface area contributed by atoms with Crippen molar-refractivity contribution in [1.29, 1.82) is 0 Å². The van der Waals surface area contributed by atoms with Crippen LogP contribution in [0.4, 0.5) is 5.69 Å². The third-order valence-electron chi connectivity index (χ3n) is 3.70. The van der Waals surface area contributed by atoms with Crippen LogP contribution in [-0.2, 0) is 9.59 Å². The highest BCUT2D eigenvalue weighted by molar-refractivity contribution is 7.81. The number of carboxylic acids is 1. The standard InChI is InChI=1S/C19H15ClN2O4S/c1-10(23)21-14-8-4-12(5-9-14)16-15(11-2-6-13(20)7-3-11)22-18(26-16)17(27)19(24)25/h2-9,17,27H,1H3,(H,21,23)(H,24,25). The molecule has 0 bridgehead atoms. The first-order chi connectivity index (χ1) is 12.8. The molecular weight excluding hydrogens is 388 g/mol. The van der Waals surface area contributed by atoms with Gasteiger partial charge in [-0.15, -0.1) is 0 Å². The highest BCUT2D eigenvalue weighted by Gasteiger charge is 2.25. The molecule has 6 nitrogen and oxygen atoms in total. The first-order valence-electron chi connectivity index (χ1n) is 7.90. The number of carboxylic acid groups (broad SMARTS) is 1. The van der Waals surface area contributed by atoms with E-state index in [1.165, 1.54) is 6.92 Å². The van der Waals surface area contributed by atoms with Gasteiger partial charge in [-0.1, -0.05) is 23.7 Å². The van der Waals surface area contributed by atoms with Crippen molar-refractivity contribution in [3.05, 3.63) is 59.4 Å². The van der Waals surface area contributed by atoms with Gasteiger partial charge in [0.05, 0.1) is 0 Å². The molecule has 0 aliphatic rings. The summed E-state index contributed by atoms with van der Waals surface area (Å²) in [6.07, 6.45) is 0. The number of nitrogens with zero attached hydrogens (tertiary/aromatic N) is 1. The molecule has 1 unspecified atom stereocenters. The van der Waals surface area contributed by atoms with E-state index in [1.54, 1.807) is 48.5 Å². The van der Waals surface area contributed by atoms with E-state index in [1.807, 2.05) is 0 Å². The number of aliphatic carboxylic acids is 1. The van der Waals surface area contributed by atoms with Crippen LogP contribution in [0, 0.1) is 0 Å². The summed E-state index contributed by atoms with van der Waals surface area (Å²) in [7, 11) is 0. The number of carbonyl (C=O) groups excluding carboxylic acids is 1. The van der Waals surface area contributed by atoms with E-state index in [2.05, 4.69) is 22.9 Å². The number of anilines is 1. The van der Waals surface area contributed by atoms with E-state index in [4.69, 9.17) is 16.0 Å². The number of hydrogen-bond donors (Lipinski definition) is 3. The molecule has 2 N–H and O–H groups in total. The number of aromatic nitrogens is 1. The molecule has 2 aromatic carbocycles. The molecule has 3 rings (SSSR count). The van der Waals surface area contributed by atoms with Crippen LogP contribution in [0.1, 0.15) is 18.1 Å². The molecular formula is C19H15ClN2O4S. The summed E-state index contributed by atoms with van der Waals surface area (Å²) < 4.78 is 5.74. The number of thiol groups is 1. The van der Waals surface area contributed by atoms with Gasteiger partial charge in [-0.25, -0.2) is 4.98 Å². The van der Waals surface area contributed by atoms with Crippen LogP contribution < -0.4 is 5.32 Å². The minimum Gasteiger partial charge on any atom is -0.480 e. The number of hydrogen-bond acceptors (Lipinski definition) is 5. The molecule has 1 heterocycles. The molecule has 1 atom stereocenters. The average molecular weight is 403 g/mol. The number of oxazole rings is 1. The minimum atomic E-state index is -1.19. The summed E-state index contributed by atoms with van der Waals surface area (Å²) in [5.41, 5.74) is 2.52. The van der Waals surface area contributed by atoms with Crippen molar-refractivity contribution >= 4 is 41.8 Å². The van der Waals surface area contributed by atoms with Crippen molar-refractivity contribution in [2.45, 2.75) is 12.2 Å². The molecule has 0 saturated heterocycles. The second-order valence-corrected chi connectivity index (χ2v) is 6.69. The van der Waals surface area contributed by atoms with Gasteiger partial charge in [0.25, 0.3) is 0 Å². The Morgan fingerprint density at radius 3 is 2.26 bits per heavy atom. The molecule has 138 valence electrons. The lowest BCUT2D eigenvalue weighted by atomic mass is 10.1. The van der Waals surface area contributed by atoms with E-state index in [0.29, 0.717) is 27.7 Å². The zero-order valence-electron chi connectivity index (χ0n) is 14.1. The van der Waals surface area contributed by atoms with Crippen molar-refractivity contribution < 1.29 is 19.1 Å². The first kappa shape index (κ1) is 19.0. The highest BCUT2D eigenvalue weighted by Crippen LogP contribution is 2.36. The number of carbonyl (C=O) groups is 2. The Morgan fingerprint density at radius 2 is 1.70 bits per heavy atom. The van der Waals surface area contributed by atoms with Gasteiger partial charge in [0.2, 0.25) is 11.8 Å². The Kier molecular flexibility index (Phi) is 5.53. The quantitative estimate of drug-likeness (QED) is 0.539. The lowest BCUT2D eigenvalue weighted by Gasteiger charge is -2.05. The van der Waals surface area contributed by atoms with Crippen molar-refractivity contribution in [3.63, 3.8) is 0 Å². The van der Waals surface area contributed by atoms with Crippen molar-refractivity contribution in [2.75, 3.05) is 5.32 Å². The Bertz CT molecular complexity index is 984. The monoisotopic (exact) mass is 402 g/mol. The molecule has 1 amide bonds. The van der Waals surface area contributed by atoms with Crippen molar-refractivity contribution in [1.82, 2.24) is 4.98 Å². The summed E-state index contributed by atoms with van der Waals surface area (Å²) >= 11 is 9.99. The highest BCUT2D eigenvalue weighted by atomic mass is 35.5. The summed E-state index contributed by atoms with van der Waals surface area (Å²) in [5, 5.41) is 11.3. The van der Waals surface area contributed by atoms with Crippen LogP contribution in [0.3, 0.4) is 0 Å². The number of rotatable bonds is 5. The molecule has 0 aliphatic heterocycles. The van der Waals surface area contributed by atoms with E-state index >= 15 is 0 Å². The fourth-order valence-corrected chi connectivity index (χ4v) is 2.70. The SMILES string of the molecule is CC(=O)Nc1ccc(-c2oc(C(S)C(=O)O)nc2-c2ccc(Cl)cc2)cc1. The van der Waals surface area contributed by atoms with E-state index in [0.717, 1.165) is 5.56 Å². The smallest absolute Gasteiger partial charge is 0.325 e. The molecule has 1 aromatic heterocycles. The van der Waals surface area contributed by atoms with Crippen LogP contribution in [0.2, 0.25) is 5.02 Å². The summed E-state index contributed by atoms with van der Waals surface area (Å²) in [6.45, 7) is 1.42. The first-order valence-corrected chi connectivity index (χ1v) is 8.80. The van der Waals surface area contributed by atoms with Crippen molar-refractivity contribution in [2.24, 2.45) is 0 Å². The van der Waals surface area contributed by atoms with Crippen LogP contribution in [0.25, 0.3) is 22.6 Å². The molecule has 8 heteroatoms. The minimum absolute atomic E-state index is 0.0169. The molecule has 0 fully saturated rings. The molecule has 0 radical (unpaired) electrons. The number of nitrogens with one attached hydrogen (secondary N) is 1. The van der Waals surface area contributed by atoms with Gasteiger partial charge in [-0.2, -0.15) is 12.6 Å². The lowest BCUT2D eigenvalue weighted by Crippen LogP contribution is -2.05. The third-order valence-corrected chi connectivity index (χ3v) is 4.39. The topological polar surface area (TPSA) is 92.4 Å². The second kappa shape index (κ2) is 7.85. The van der Waals surface area contributed by atoms with Gasteiger partial charge < -0.3 is 14.8 Å². The second-order valence-electron chi connectivity index (χ2n) is 5.74. The molecule has 0 aliphatic carbocycles. The largest absolute Gasteiger partial charge is 0.480 e. The zero-order valence-corrected chi connectivity index (χ0v) is 15.8. The van der Waals surface area contributed by atoms with Gasteiger partial charge in [0.15, 0.2) is 11.0 Å². The molecule has 27 heavy (non-hydrogen) atoms. The van der Waals surface area contributed by atoms with Gasteiger partial charge in [-0.05, 0) is 36.4 Å². The van der Waals surface area contributed by atoms with E-state index < -0.39 is 11.2 Å². The Labute approximate surface area is 165 Å². The number of benzene rings is 2. The van der Waals surface area contributed by atoms with E-state index in [-0.39, 0.29) is 11.8 Å². The third kappa shape index (κ3) is 4.32. The van der Waals surface area contributed by atoms with Crippen LogP contribution in [0.5, 0.6) is 0 Å². The normalized spacial score (nSPS) is 11.8. The summed E-state index contributed by atoms with van der Waals surface area (Å²) in [6, 6.07) is 13.9. The Balaban J connectivity index is 2.08. The molecule has 0 saturated carbocycles. The van der Waals surface area contributed by atoms with Crippen LogP contribution in [-0.4, -0.2) is 22.0 Å². The maximum absolute atomic E-state index is 11.3. The lowest BCUT2D eigenvalue weighted by molar-refractivity contribution is -0.136. The maximum atomic E-state index is 11.3. The zero-order chi connectivity index (χ0) is 19.6. The van der Waals surface area contributed by atoms with Gasteiger partial charge in [0.1, 0.15) is 5.69 Å². The fourth-order valence-electron chi connectivity index (χ4n) is 2.47. The van der Waals surface area contributed by atoms with Crippen LogP contribution >= 0.6 is 24.2 Å². The van der Waals surface area contributed by atoms with Crippen molar-refractivity contribution in [3.8, 4) is 22.6 Å². The molecule has 3 aromatic rings. The summed E-state index contributed by atoms with van der Waals surface area (Å²) in [5.74, 6) is -0.945. The van der Waals surface area contributed by atoms with Gasteiger partial charge >= 0.3 is 5.97 Å². The molecule has 0 spiro atoms. The predicted molar refractivity (Wildman–Crippen MR) is 106 cm³/mol. The maximum Gasteiger partial charge on any atom is 0.325 e. The predicted octanol–water partition coefficient (Wildman–Crippen LogP) is 4.68. The Morgan fingerprint density at radius 1 is 1.11 bits per heavy atom. The number of amides is 1. The van der Waals surface area contributed by atoms with Gasteiger partial charge in [-0.3, -0.25) is 9.59 Å². The fraction of sp³-hybridized carbons (Fsp3) is 0.105. The van der Waals surface area contributed by atoms with Crippen LogP contribution in [0.15, 0.2) is 52.9 Å². The van der Waals surface area contributed by atoms with Gasteiger partial charge in [0, 0.05) is 28.8 Å². The van der Waals surface area contributed by atoms with E-state index in [9.17, 15) is 14.7 Å². The Hall–Kier alpha value is -2.77. The summed E-state index contributed by atoms with van der Waals surface area (Å²) in [4.78, 5) is 26.8. The number of halogens is 1. The average Bonchev–Trinajstić information content (AvgIpc) is 3.07.